The van der Waals surface area contributed by atoms with Crippen molar-refractivity contribution in [1.82, 2.24) is 15.0 Å². The van der Waals surface area contributed by atoms with Crippen molar-refractivity contribution >= 4 is 23.3 Å². The number of carbonyl (C=O) groups excluding carboxylic acids is 1. The quantitative estimate of drug-likeness (QED) is 0.437. The van der Waals surface area contributed by atoms with E-state index < -0.39 is 6.36 Å². The monoisotopic (exact) mass is 506 g/mol. The third kappa shape index (κ3) is 5.00. The van der Waals surface area contributed by atoms with E-state index in [1.54, 1.807) is 6.07 Å². The molecule has 3 aromatic rings. The lowest BCUT2D eigenvalue weighted by molar-refractivity contribution is -0.274. The number of carbonyl (C=O) groups is 1. The van der Waals surface area contributed by atoms with E-state index in [1.807, 2.05) is 24.1 Å². The molecule has 1 aliphatic carbocycles. The number of aryl methyl sites for hydroxylation is 1. The van der Waals surface area contributed by atoms with Crippen molar-refractivity contribution in [3.8, 4) is 16.3 Å². The van der Waals surface area contributed by atoms with E-state index in [0.29, 0.717) is 35.5 Å². The molecular weight excluding hydrogens is 481 g/mol. The molecule has 3 heterocycles. The number of anilines is 1. The summed E-state index contributed by atoms with van der Waals surface area (Å²) in [6, 6.07) is 5.74. The Morgan fingerprint density at radius 1 is 1.26 bits per heavy atom. The Morgan fingerprint density at radius 2 is 2.00 bits per heavy atom. The molecule has 0 radical (unpaired) electrons. The first-order valence-electron chi connectivity index (χ1n) is 11.4. The Balaban J connectivity index is 1.15. The van der Waals surface area contributed by atoms with E-state index in [9.17, 15) is 18.0 Å². The highest BCUT2D eigenvalue weighted by Gasteiger charge is 2.47. The Morgan fingerprint density at radius 3 is 2.66 bits per heavy atom. The van der Waals surface area contributed by atoms with Crippen LogP contribution in [0.25, 0.3) is 10.6 Å². The summed E-state index contributed by atoms with van der Waals surface area (Å²) in [4.78, 5) is 19.1. The Bertz CT molecular complexity index is 1220. The van der Waals surface area contributed by atoms with Crippen molar-refractivity contribution < 1.29 is 27.2 Å². The molecule has 1 saturated carbocycles. The van der Waals surface area contributed by atoms with Gasteiger partial charge in [0.15, 0.2) is 0 Å². The molecule has 0 unspecified atom stereocenters. The van der Waals surface area contributed by atoms with Gasteiger partial charge in [0.05, 0.1) is 11.4 Å². The van der Waals surface area contributed by atoms with Crippen LogP contribution >= 0.6 is 11.3 Å². The van der Waals surface area contributed by atoms with Gasteiger partial charge in [-0.25, -0.2) is 9.78 Å². The molecule has 1 N–H and O–H groups in total. The fourth-order valence-corrected chi connectivity index (χ4v) is 5.83. The number of urea groups is 1. The number of halogens is 3. The summed E-state index contributed by atoms with van der Waals surface area (Å²) in [5, 5.41) is 9.36. The van der Waals surface area contributed by atoms with Crippen LogP contribution in [0.1, 0.15) is 48.6 Å². The highest BCUT2D eigenvalue weighted by Crippen LogP contribution is 2.56. The number of alkyl halides is 3. The third-order valence-corrected chi connectivity index (χ3v) is 8.01. The fraction of sp³-hybridized carbons (Fsp3) is 0.458. The van der Waals surface area contributed by atoms with Gasteiger partial charge in [-0.15, -0.1) is 24.5 Å². The molecule has 0 atom stereocenters. The Labute approximate surface area is 204 Å². The molecule has 1 spiro atoms. The molecule has 1 saturated heterocycles. The maximum atomic E-state index is 12.6. The lowest BCUT2D eigenvalue weighted by Crippen LogP contribution is -2.49. The van der Waals surface area contributed by atoms with Gasteiger partial charge in [0.2, 0.25) is 5.88 Å². The van der Waals surface area contributed by atoms with E-state index in [2.05, 4.69) is 15.2 Å². The normalized spacial score (nSPS) is 17.9. The summed E-state index contributed by atoms with van der Waals surface area (Å²) in [5.41, 5.74) is 3.38. The number of hydrogen-bond donors (Lipinski definition) is 1. The number of hydrogen-bond acceptors (Lipinski definition) is 6. The minimum atomic E-state index is -4.73. The van der Waals surface area contributed by atoms with Gasteiger partial charge in [-0.1, -0.05) is 17.3 Å². The first kappa shape index (κ1) is 23.7. The molecule has 1 aromatic carbocycles. The molecule has 5 rings (SSSR count). The topological polar surface area (TPSA) is 80.5 Å². The predicted molar refractivity (Wildman–Crippen MR) is 124 cm³/mol. The Hall–Kier alpha value is -3.08. The second-order valence-electron chi connectivity index (χ2n) is 9.40. The smallest absolute Gasteiger partial charge is 0.406 e. The van der Waals surface area contributed by atoms with Gasteiger partial charge >= 0.3 is 12.4 Å². The lowest BCUT2D eigenvalue weighted by Gasteiger charge is -2.51. The minimum Gasteiger partial charge on any atom is -0.406 e. The van der Waals surface area contributed by atoms with Crippen LogP contribution in [0.3, 0.4) is 0 Å². The molecule has 0 bridgehead atoms. The zero-order valence-electron chi connectivity index (χ0n) is 19.3. The molecule has 1 aliphatic heterocycles. The van der Waals surface area contributed by atoms with Gasteiger partial charge < -0.3 is 14.2 Å². The molecule has 2 aliphatic rings. The zero-order chi connectivity index (χ0) is 24.8. The zero-order valence-corrected chi connectivity index (χ0v) is 20.1. The van der Waals surface area contributed by atoms with E-state index in [-0.39, 0.29) is 17.2 Å². The first-order valence-corrected chi connectivity index (χ1v) is 12.3. The molecule has 7 nitrogen and oxygen atoms in total. The van der Waals surface area contributed by atoms with Crippen LogP contribution in [0.2, 0.25) is 0 Å². The van der Waals surface area contributed by atoms with Crippen molar-refractivity contribution in [2.75, 3.05) is 18.4 Å². The van der Waals surface area contributed by atoms with E-state index in [0.717, 1.165) is 42.6 Å². The van der Waals surface area contributed by atoms with Gasteiger partial charge in [-0.3, -0.25) is 5.32 Å². The number of amides is 2. The number of ether oxygens (including phenoxy) is 1. The lowest BCUT2D eigenvalue weighted by atomic mass is 9.57. The third-order valence-electron chi connectivity index (χ3n) is 7.10. The predicted octanol–water partition coefficient (Wildman–Crippen LogP) is 6.51. The largest absolute Gasteiger partial charge is 0.573 e. The second kappa shape index (κ2) is 8.85. The summed E-state index contributed by atoms with van der Waals surface area (Å²) in [5.74, 6) is 0.472. The van der Waals surface area contributed by atoms with Gasteiger partial charge in [-0.05, 0) is 57.1 Å². The van der Waals surface area contributed by atoms with Crippen LogP contribution < -0.4 is 10.1 Å². The number of aromatic nitrogens is 2. The first-order chi connectivity index (χ1) is 16.6. The average molecular weight is 507 g/mol. The van der Waals surface area contributed by atoms with Crippen molar-refractivity contribution in [1.29, 1.82) is 0 Å². The molecule has 186 valence electrons. The Kier molecular flexibility index (Phi) is 5.98. The molecule has 2 amide bonds. The van der Waals surface area contributed by atoms with Crippen molar-refractivity contribution in [2.45, 2.75) is 51.8 Å². The van der Waals surface area contributed by atoms with Gasteiger partial charge in [0.1, 0.15) is 10.8 Å². The summed E-state index contributed by atoms with van der Waals surface area (Å²) >= 11 is 1.43. The van der Waals surface area contributed by atoms with Crippen LogP contribution in [0.15, 0.2) is 34.2 Å². The highest BCUT2D eigenvalue weighted by molar-refractivity contribution is 7.13. The molecular formula is C24H25F3N4O3S. The highest BCUT2D eigenvalue weighted by atomic mass is 32.1. The van der Waals surface area contributed by atoms with Gasteiger partial charge in [-0.2, -0.15) is 0 Å². The van der Waals surface area contributed by atoms with Crippen molar-refractivity contribution in [2.24, 2.45) is 5.41 Å². The van der Waals surface area contributed by atoms with Crippen molar-refractivity contribution in [3.63, 3.8) is 0 Å². The standard InChI is InChI=1S/C24H25F3N4O3S/c1-14-15(2)30-34-20(14)29-22(32)31-8-6-23(7-9-31)11-17(12-23)19-13-35-21(28-19)16-4-3-5-18(10-16)33-24(25,26)27/h3-5,10,13,17H,6-9,11-12H2,1-2H3,(H,29,32). The number of nitrogens with one attached hydrogen (secondary N) is 1. The van der Waals surface area contributed by atoms with Crippen LogP contribution in [0.5, 0.6) is 5.75 Å². The SMILES string of the molecule is Cc1noc(NC(=O)N2CCC3(CC2)CC(c2csc(-c4cccc(OC(F)(F)F)c4)n2)C3)c1C. The molecule has 11 heteroatoms. The number of thiazole rings is 1. The maximum Gasteiger partial charge on any atom is 0.573 e. The number of nitrogens with zero attached hydrogens (tertiary/aromatic N) is 3. The van der Waals surface area contributed by atoms with Crippen LogP contribution in [-0.2, 0) is 0 Å². The van der Waals surface area contributed by atoms with E-state index in [4.69, 9.17) is 9.51 Å². The number of benzene rings is 1. The van der Waals surface area contributed by atoms with Gasteiger partial charge in [0, 0.05) is 35.5 Å². The molecule has 2 aromatic heterocycles. The van der Waals surface area contributed by atoms with Crippen LogP contribution in [0.4, 0.5) is 23.8 Å². The maximum absolute atomic E-state index is 12.6. The molecule has 35 heavy (non-hydrogen) atoms. The average Bonchev–Trinajstić information content (AvgIpc) is 3.39. The van der Waals surface area contributed by atoms with Crippen LogP contribution in [-0.4, -0.2) is 40.5 Å². The molecule has 2 fully saturated rings. The fourth-order valence-electron chi connectivity index (χ4n) is 4.93. The second-order valence-corrected chi connectivity index (χ2v) is 10.3. The van der Waals surface area contributed by atoms with Crippen LogP contribution in [0, 0.1) is 19.3 Å². The van der Waals surface area contributed by atoms with Crippen molar-refractivity contribution in [3.05, 3.63) is 46.6 Å². The summed E-state index contributed by atoms with van der Waals surface area (Å²) in [7, 11) is 0. The van der Waals surface area contributed by atoms with Gasteiger partial charge in [0.25, 0.3) is 0 Å². The number of piperidine rings is 1. The minimum absolute atomic E-state index is 0.171. The summed E-state index contributed by atoms with van der Waals surface area (Å²) < 4.78 is 46.8. The summed E-state index contributed by atoms with van der Waals surface area (Å²) in [6.45, 7) is 5.05. The number of likely N-dealkylation sites (tertiary alicyclic amines) is 1. The summed E-state index contributed by atoms with van der Waals surface area (Å²) in [6.07, 6.45) is -0.859. The number of rotatable bonds is 4. The van der Waals surface area contributed by atoms with E-state index in [1.165, 1.54) is 29.5 Å². The van der Waals surface area contributed by atoms with E-state index >= 15 is 0 Å².